The first kappa shape index (κ1) is 35.8. The molecule has 236 valence electrons. The number of ether oxygens (including phenoxy) is 1. The van der Waals surface area contributed by atoms with E-state index in [0.29, 0.717) is 5.56 Å². The largest absolute Gasteiger partial charge is 0.481 e. The Morgan fingerprint density at radius 3 is 1.84 bits per heavy atom. The Morgan fingerprint density at radius 2 is 1.33 bits per heavy atom. The number of amides is 5. The molecule has 0 aliphatic carbocycles. The number of carbonyl (C=O) groups is 8. The fraction of sp³-hybridized carbons (Fsp3) is 0.462. The van der Waals surface area contributed by atoms with Gasteiger partial charge in [0.2, 0.25) is 23.6 Å². The van der Waals surface area contributed by atoms with Crippen LogP contribution in [-0.4, -0.2) is 87.1 Å². The zero-order chi connectivity index (χ0) is 32.7. The number of carboxylic acid groups (broad SMARTS) is 3. The number of rotatable bonds is 18. The highest BCUT2D eigenvalue weighted by Crippen LogP contribution is 2.08. The summed E-state index contributed by atoms with van der Waals surface area (Å²) in [5.41, 5.74) is 5.62. The summed E-state index contributed by atoms with van der Waals surface area (Å²) in [7, 11) is 0. The summed E-state index contributed by atoms with van der Waals surface area (Å²) in [6, 6.07) is 1.96. The third-order valence-electron chi connectivity index (χ3n) is 5.75. The molecule has 5 amide bonds. The van der Waals surface area contributed by atoms with E-state index >= 15 is 0 Å². The normalized spacial score (nSPS) is 13.4. The van der Waals surface area contributed by atoms with Gasteiger partial charge in [-0.15, -0.1) is 0 Å². The van der Waals surface area contributed by atoms with Crippen molar-refractivity contribution in [1.82, 2.24) is 21.3 Å². The highest BCUT2D eigenvalue weighted by Gasteiger charge is 2.33. The minimum absolute atomic E-state index is 0.196. The number of aliphatic carboxylic acids is 3. The average Bonchev–Trinajstić information content (AvgIpc) is 2.91. The molecule has 0 fully saturated rings. The lowest BCUT2D eigenvalue weighted by Crippen LogP contribution is -2.59. The molecule has 0 radical (unpaired) electrons. The first-order valence-corrected chi connectivity index (χ1v) is 12.9. The van der Waals surface area contributed by atoms with Crippen molar-refractivity contribution >= 4 is 47.6 Å². The number of benzene rings is 1. The Bertz CT molecular complexity index is 1190. The monoisotopic (exact) mass is 609 g/mol. The van der Waals surface area contributed by atoms with Crippen LogP contribution in [0, 0.1) is 5.92 Å². The van der Waals surface area contributed by atoms with E-state index in [0.717, 1.165) is 0 Å². The SMILES string of the molecule is CC(C)C(NC(=O)C(CCC(=O)O)NC(=O)C(CC(=O)O)NC(=O)OCc1ccccc1)C(=O)NC(CC(N)=O)C(=O)O. The molecule has 0 aliphatic rings. The molecular weight excluding hydrogens is 574 g/mol. The van der Waals surface area contributed by atoms with E-state index in [9.17, 15) is 48.6 Å². The number of carboxylic acids is 3. The zero-order valence-corrected chi connectivity index (χ0v) is 23.4. The predicted octanol–water partition coefficient (Wildman–Crippen LogP) is -1.31. The van der Waals surface area contributed by atoms with Gasteiger partial charge in [-0.25, -0.2) is 9.59 Å². The highest BCUT2D eigenvalue weighted by molar-refractivity contribution is 5.96. The predicted molar refractivity (Wildman–Crippen MR) is 145 cm³/mol. The average molecular weight is 610 g/mol. The first-order valence-electron chi connectivity index (χ1n) is 12.9. The summed E-state index contributed by atoms with van der Waals surface area (Å²) in [5.74, 6) is -9.31. The molecule has 1 aromatic rings. The van der Waals surface area contributed by atoms with Gasteiger partial charge in [-0.2, -0.15) is 0 Å². The van der Waals surface area contributed by atoms with Gasteiger partial charge >= 0.3 is 24.0 Å². The molecule has 1 rings (SSSR count). The molecule has 0 saturated heterocycles. The summed E-state index contributed by atoms with van der Waals surface area (Å²) in [6.07, 6.45) is -3.93. The molecule has 4 unspecified atom stereocenters. The molecule has 17 heteroatoms. The number of alkyl carbamates (subject to hydrolysis) is 1. The van der Waals surface area contributed by atoms with Crippen LogP contribution in [0.2, 0.25) is 0 Å². The standard InChI is InChI=1S/C26H35N5O12/c1-13(2)21(24(39)29-17(25(40)41)10-18(27)32)31-22(37)15(8-9-19(33)34)28-23(38)16(11-20(35)36)30-26(42)43-12-14-6-4-3-5-7-14/h3-7,13,15-17,21H,8-12H2,1-2H3,(H2,27,32)(H,28,38)(H,29,39)(H,30,42)(H,31,37)(H,33,34)(H,35,36)(H,40,41). The van der Waals surface area contributed by atoms with E-state index in [1.54, 1.807) is 30.3 Å². The lowest BCUT2D eigenvalue weighted by atomic mass is 10.0. The molecular formula is C26H35N5O12. The van der Waals surface area contributed by atoms with Crippen LogP contribution in [0.25, 0.3) is 0 Å². The van der Waals surface area contributed by atoms with Gasteiger partial charge in [0.15, 0.2) is 0 Å². The van der Waals surface area contributed by atoms with Crippen molar-refractivity contribution in [2.24, 2.45) is 11.7 Å². The van der Waals surface area contributed by atoms with Crippen LogP contribution < -0.4 is 27.0 Å². The maximum atomic E-state index is 13.1. The summed E-state index contributed by atoms with van der Waals surface area (Å²) in [4.78, 5) is 96.3. The highest BCUT2D eigenvalue weighted by atomic mass is 16.5. The summed E-state index contributed by atoms with van der Waals surface area (Å²) in [5, 5.41) is 36.3. The van der Waals surface area contributed by atoms with Crippen LogP contribution >= 0.6 is 0 Å². The second-order valence-corrected chi connectivity index (χ2v) is 9.65. The minimum Gasteiger partial charge on any atom is -0.481 e. The Kier molecular flexibility index (Phi) is 14.6. The van der Waals surface area contributed by atoms with Crippen molar-refractivity contribution in [3.8, 4) is 0 Å². The number of hydrogen-bond acceptors (Lipinski definition) is 9. The molecule has 1 aromatic carbocycles. The van der Waals surface area contributed by atoms with Gasteiger partial charge in [0.05, 0.1) is 12.8 Å². The van der Waals surface area contributed by atoms with Crippen LogP contribution in [0.3, 0.4) is 0 Å². The number of primary amides is 1. The van der Waals surface area contributed by atoms with Crippen molar-refractivity contribution < 1.29 is 58.4 Å². The molecule has 0 saturated carbocycles. The van der Waals surface area contributed by atoms with Crippen molar-refractivity contribution in [3.05, 3.63) is 35.9 Å². The van der Waals surface area contributed by atoms with Crippen molar-refractivity contribution in [1.29, 1.82) is 0 Å². The molecule has 0 spiro atoms. The van der Waals surface area contributed by atoms with Gasteiger partial charge < -0.3 is 47.1 Å². The Hall–Kier alpha value is -5.22. The van der Waals surface area contributed by atoms with Gasteiger partial charge in [-0.05, 0) is 17.9 Å². The molecule has 0 bridgehead atoms. The van der Waals surface area contributed by atoms with Crippen molar-refractivity contribution in [2.45, 2.75) is 70.3 Å². The Balaban J connectivity index is 3.06. The maximum absolute atomic E-state index is 13.1. The van der Waals surface area contributed by atoms with E-state index < -0.39 is 103 Å². The molecule has 0 aromatic heterocycles. The first-order chi connectivity index (χ1) is 20.1. The van der Waals surface area contributed by atoms with E-state index in [-0.39, 0.29) is 6.61 Å². The van der Waals surface area contributed by atoms with E-state index in [4.69, 9.17) is 15.6 Å². The molecule has 0 aliphatic heterocycles. The quantitative estimate of drug-likeness (QED) is 0.0963. The fourth-order valence-corrected chi connectivity index (χ4v) is 3.55. The van der Waals surface area contributed by atoms with E-state index in [1.165, 1.54) is 13.8 Å². The Labute approximate surface area is 245 Å². The maximum Gasteiger partial charge on any atom is 0.408 e. The summed E-state index contributed by atoms with van der Waals surface area (Å²) < 4.78 is 5.00. The number of carbonyl (C=O) groups excluding carboxylic acids is 5. The third-order valence-corrected chi connectivity index (χ3v) is 5.75. The summed E-state index contributed by atoms with van der Waals surface area (Å²) in [6.45, 7) is 2.79. The van der Waals surface area contributed by atoms with Crippen LogP contribution in [0.5, 0.6) is 0 Å². The molecule has 9 N–H and O–H groups in total. The van der Waals surface area contributed by atoms with Crippen LogP contribution in [-0.2, 0) is 44.9 Å². The summed E-state index contributed by atoms with van der Waals surface area (Å²) >= 11 is 0. The molecule has 17 nitrogen and oxygen atoms in total. The lowest BCUT2D eigenvalue weighted by molar-refractivity contribution is -0.144. The smallest absolute Gasteiger partial charge is 0.408 e. The Morgan fingerprint density at radius 1 is 0.744 bits per heavy atom. The zero-order valence-electron chi connectivity index (χ0n) is 23.4. The number of nitrogens with two attached hydrogens (primary N) is 1. The van der Waals surface area contributed by atoms with Gasteiger partial charge in [-0.3, -0.25) is 28.8 Å². The second-order valence-electron chi connectivity index (χ2n) is 9.65. The van der Waals surface area contributed by atoms with Gasteiger partial charge in [0.25, 0.3) is 0 Å². The molecule has 0 heterocycles. The van der Waals surface area contributed by atoms with Gasteiger partial charge in [0, 0.05) is 6.42 Å². The third kappa shape index (κ3) is 13.8. The van der Waals surface area contributed by atoms with E-state index in [1.807, 2.05) is 0 Å². The van der Waals surface area contributed by atoms with Crippen LogP contribution in [0.15, 0.2) is 30.3 Å². The van der Waals surface area contributed by atoms with Crippen molar-refractivity contribution in [3.63, 3.8) is 0 Å². The number of hydrogen-bond donors (Lipinski definition) is 8. The second kappa shape index (κ2) is 17.6. The van der Waals surface area contributed by atoms with E-state index in [2.05, 4.69) is 21.3 Å². The number of nitrogens with one attached hydrogen (secondary N) is 4. The fourth-order valence-electron chi connectivity index (χ4n) is 3.55. The van der Waals surface area contributed by atoms with Crippen LogP contribution in [0.4, 0.5) is 4.79 Å². The lowest BCUT2D eigenvalue weighted by Gasteiger charge is -2.27. The van der Waals surface area contributed by atoms with Gasteiger partial charge in [0.1, 0.15) is 30.8 Å². The minimum atomic E-state index is -1.74. The van der Waals surface area contributed by atoms with Crippen molar-refractivity contribution in [2.75, 3.05) is 0 Å². The van der Waals surface area contributed by atoms with Gasteiger partial charge in [-0.1, -0.05) is 44.2 Å². The van der Waals surface area contributed by atoms with Crippen LogP contribution in [0.1, 0.15) is 45.1 Å². The molecule has 43 heavy (non-hydrogen) atoms. The molecule has 4 atom stereocenters. The topological polar surface area (TPSA) is 281 Å².